The molecule has 2 aliphatic carbocycles. The molecule has 0 radical (unpaired) electrons. The van der Waals surface area contributed by atoms with Crippen LogP contribution in [0, 0.1) is 5.92 Å². The number of benzene rings is 1. The van der Waals surface area contributed by atoms with Crippen molar-refractivity contribution in [1.29, 1.82) is 0 Å². The second-order valence-corrected chi connectivity index (χ2v) is 7.72. The van der Waals surface area contributed by atoms with Gasteiger partial charge in [-0.3, -0.25) is 4.99 Å². The number of rotatable bonds is 1. The fourth-order valence-electron chi connectivity index (χ4n) is 4.00. The van der Waals surface area contributed by atoms with Gasteiger partial charge in [0, 0.05) is 11.8 Å². The molecular weight excluding hydrogens is 276 g/mol. The molecule has 1 aromatic rings. The third kappa shape index (κ3) is 2.98. The molecule has 4 rings (SSSR count). The lowest BCUT2D eigenvalue weighted by atomic mass is 9.86. The standard InChI is InChI=1S/C18H24N2S/c1-2-6-14-11-16(10-9-13(14)5-1)19-18-20-17-8-4-3-7-15(17)12-21-18/h1-2,5-6,15-17H,3-4,7-12H2,(H,19,20). The molecule has 2 nitrogen and oxygen atoms in total. The third-order valence-electron chi connectivity index (χ3n) is 5.26. The van der Waals surface area contributed by atoms with Crippen molar-refractivity contribution in [2.75, 3.05) is 5.75 Å². The van der Waals surface area contributed by atoms with Gasteiger partial charge in [-0.2, -0.15) is 0 Å². The van der Waals surface area contributed by atoms with Crippen LogP contribution < -0.4 is 5.32 Å². The van der Waals surface area contributed by atoms with Crippen LogP contribution in [0.2, 0.25) is 0 Å². The molecule has 112 valence electrons. The van der Waals surface area contributed by atoms with Gasteiger partial charge in [0.15, 0.2) is 5.17 Å². The largest absolute Gasteiger partial charge is 0.362 e. The highest BCUT2D eigenvalue weighted by Gasteiger charge is 2.30. The molecule has 0 aromatic heterocycles. The first-order chi connectivity index (χ1) is 10.4. The molecule has 1 aliphatic heterocycles. The van der Waals surface area contributed by atoms with E-state index in [1.807, 2.05) is 11.8 Å². The molecule has 1 fully saturated rings. The number of fused-ring (bicyclic) bond motifs is 2. The van der Waals surface area contributed by atoms with E-state index < -0.39 is 0 Å². The predicted octanol–water partition coefficient (Wildman–Crippen LogP) is 3.80. The van der Waals surface area contributed by atoms with Gasteiger partial charge in [-0.15, -0.1) is 0 Å². The van der Waals surface area contributed by atoms with Crippen LogP contribution in [-0.4, -0.2) is 23.0 Å². The van der Waals surface area contributed by atoms with E-state index in [0.29, 0.717) is 12.1 Å². The van der Waals surface area contributed by atoms with Crippen molar-refractivity contribution in [2.45, 2.75) is 57.0 Å². The summed E-state index contributed by atoms with van der Waals surface area (Å²) in [6.45, 7) is 0. The first-order valence-electron chi connectivity index (χ1n) is 8.42. The van der Waals surface area contributed by atoms with Crippen molar-refractivity contribution in [3.8, 4) is 0 Å². The maximum absolute atomic E-state index is 5.02. The summed E-state index contributed by atoms with van der Waals surface area (Å²) >= 11 is 1.96. The zero-order valence-corrected chi connectivity index (χ0v) is 13.4. The average molecular weight is 300 g/mol. The maximum Gasteiger partial charge on any atom is 0.157 e. The number of hydrogen-bond acceptors (Lipinski definition) is 3. The molecule has 1 N–H and O–H groups in total. The van der Waals surface area contributed by atoms with E-state index >= 15 is 0 Å². The van der Waals surface area contributed by atoms with Crippen LogP contribution in [0.25, 0.3) is 0 Å². The number of thioether (sulfide) groups is 1. The van der Waals surface area contributed by atoms with Crippen LogP contribution in [-0.2, 0) is 12.8 Å². The zero-order chi connectivity index (χ0) is 14.1. The number of hydrogen-bond donors (Lipinski definition) is 1. The summed E-state index contributed by atoms with van der Waals surface area (Å²) in [4.78, 5) is 5.02. The Hall–Kier alpha value is -0.960. The summed E-state index contributed by atoms with van der Waals surface area (Å²) in [6.07, 6.45) is 9.10. The molecule has 21 heavy (non-hydrogen) atoms. The summed E-state index contributed by atoms with van der Waals surface area (Å²) in [5, 5.41) is 4.97. The summed E-state index contributed by atoms with van der Waals surface area (Å²) in [6, 6.07) is 10.1. The molecule has 0 bridgehead atoms. The smallest absolute Gasteiger partial charge is 0.157 e. The van der Waals surface area contributed by atoms with E-state index in [2.05, 4.69) is 29.6 Å². The molecule has 0 amide bonds. The lowest BCUT2D eigenvalue weighted by molar-refractivity contribution is 0.335. The first-order valence-corrected chi connectivity index (χ1v) is 9.41. The zero-order valence-electron chi connectivity index (χ0n) is 12.6. The van der Waals surface area contributed by atoms with Crippen molar-refractivity contribution in [2.24, 2.45) is 10.9 Å². The maximum atomic E-state index is 5.02. The van der Waals surface area contributed by atoms with Gasteiger partial charge in [0.05, 0.1) is 6.04 Å². The minimum absolute atomic E-state index is 0.575. The average Bonchev–Trinajstić information content (AvgIpc) is 2.55. The Balaban J connectivity index is 1.42. The predicted molar refractivity (Wildman–Crippen MR) is 91.0 cm³/mol. The van der Waals surface area contributed by atoms with Gasteiger partial charge in [0.25, 0.3) is 0 Å². The van der Waals surface area contributed by atoms with E-state index in [1.54, 1.807) is 5.56 Å². The Bertz CT molecular complexity index is 540. The molecule has 3 unspecified atom stereocenters. The van der Waals surface area contributed by atoms with Crippen LogP contribution in [0.4, 0.5) is 0 Å². The molecule has 3 heteroatoms. The van der Waals surface area contributed by atoms with Crippen molar-refractivity contribution < 1.29 is 0 Å². The molecule has 1 saturated carbocycles. The fourth-order valence-corrected chi connectivity index (χ4v) is 5.22. The topological polar surface area (TPSA) is 24.4 Å². The van der Waals surface area contributed by atoms with Crippen molar-refractivity contribution >= 4 is 16.9 Å². The number of aryl methyl sites for hydroxylation is 1. The number of aliphatic imine (C=N–C) groups is 1. The van der Waals surface area contributed by atoms with Gasteiger partial charge < -0.3 is 5.32 Å². The van der Waals surface area contributed by atoms with Crippen LogP contribution in [0.5, 0.6) is 0 Å². The Morgan fingerprint density at radius 3 is 2.86 bits per heavy atom. The van der Waals surface area contributed by atoms with Gasteiger partial charge in [-0.25, -0.2) is 0 Å². The Kier molecular flexibility index (Phi) is 3.93. The monoisotopic (exact) mass is 300 g/mol. The molecule has 3 aliphatic rings. The van der Waals surface area contributed by atoms with Gasteiger partial charge >= 0.3 is 0 Å². The minimum Gasteiger partial charge on any atom is -0.362 e. The second-order valence-electron chi connectivity index (χ2n) is 6.71. The SMILES string of the molecule is c1ccc2c(c1)CCC(NC1=NC3CCCCC3CS1)C2. The van der Waals surface area contributed by atoms with Crippen molar-refractivity contribution in [1.82, 2.24) is 5.32 Å². The summed E-state index contributed by atoms with van der Waals surface area (Å²) < 4.78 is 0. The van der Waals surface area contributed by atoms with Crippen LogP contribution >= 0.6 is 11.8 Å². The normalized spacial score (nSPS) is 31.8. The van der Waals surface area contributed by atoms with Crippen molar-refractivity contribution in [3.63, 3.8) is 0 Å². The summed E-state index contributed by atoms with van der Waals surface area (Å²) in [5.41, 5.74) is 3.07. The van der Waals surface area contributed by atoms with Crippen LogP contribution in [0.3, 0.4) is 0 Å². The van der Waals surface area contributed by atoms with E-state index in [1.165, 1.54) is 55.0 Å². The summed E-state index contributed by atoms with van der Waals surface area (Å²) in [5.74, 6) is 2.13. The molecule has 1 aromatic carbocycles. The fraction of sp³-hybridized carbons (Fsp3) is 0.611. The molecule has 3 atom stereocenters. The number of amidine groups is 1. The van der Waals surface area contributed by atoms with Crippen molar-refractivity contribution in [3.05, 3.63) is 35.4 Å². The Morgan fingerprint density at radius 2 is 1.90 bits per heavy atom. The molecular formula is C18H24N2S. The quantitative estimate of drug-likeness (QED) is 0.853. The van der Waals surface area contributed by atoms with Crippen LogP contribution in [0.1, 0.15) is 43.2 Å². The Labute approximate surface area is 131 Å². The highest BCUT2D eigenvalue weighted by Crippen LogP contribution is 2.34. The number of nitrogens with one attached hydrogen (secondary N) is 1. The van der Waals surface area contributed by atoms with Crippen LogP contribution in [0.15, 0.2) is 29.3 Å². The second kappa shape index (κ2) is 6.04. The lowest BCUT2D eigenvalue weighted by Crippen LogP contribution is -2.41. The van der Waals surface area contributed by atoms with E-state index in [-0.39, 0.29) is 0 Å². The van der Waals surface area contributed by atoms with Gasteiger partial charge in [0.2, 0.25) is 0 Å². The first kappa shape index (κ1) is 13.7. The van der Waals surface area contributed by atoms with E-state index in [9.17, 15) is 0 Å². The van der Waals surface area contributed by atoms with Gasteiger partial charge in [-0.05, 0) is 49.1 Å². The van der Waals surface area contributed by atoms with E-state index in [4.69, 9.17) is 4.99 Å². The lowest BCUT2D eigenvalue weighted by Gasteiger charge is -2.34. The molecule has 1 heterocycles. The minimum atomic E-state index is 0.575. The molecule has 0 spiro atoms. The Morgan fingerprint density at radius 1 is 1.05 bits per heavy atom. The summed E-state index contributed by atoms with van der Waals surface area (Å²) in [7, 11) is 0. The highest BCUT2D eigenvalue weighted by molar-refractivity contribution is 8.13. The highest BCUT2D eigenvalue weighted by atomic mass is 32.2. The van der Waals surface area contributed by atoms with Gasteiger partial charge in [-0.1, -0.05) is 48.9 Å². The third-order valence-corrected chi connectivity index (χ3v) is 6.35. The molecule has 0 saturated heterocycles. The van der Waals surface area contributed by atoms with Gasteiger partial charge in [0.1, 0.15) is 0 Å². The van der Waals surface area contributed by atoms with E-state index in [0.717, 1.165) is 12.3 Å². The number of nitrogens with zero attached hydrogens (tertiary/aromatic N) is 1.